The van der Waals surface area contributed by atoms with Crippen LogP contribution >= 0.6 is 0 Å². The van der Waals surface area contributed by atoms with Crippen molar-refractivity contribution < 1.29 is 9.53 Å². The number of rotatable bonds is 3. The van der Waals surface area contributed by atoms with Crippen LogP contribution in [0.5, 0.6) is 0 Å². The molecule has 0 bridgehead atoms. The lowest BCUT2D eigenvalue weighted by molar-refractivity contribution is 0.147. The number of ether oxygens (including phenoxy) is 1. The van der Waals surface area contributed by atoms with Gasteiger partial charge in [0.2, 0.25) is 0 Å². The highest BCUT2D eigenvalue weighted by molar-refractivity contribution is 5.89. The second-order valence-electron chi connectivity index (χ2n) is 4.03. The van der Waals surface area contributed by atoms with Crippen molar-refractivity contribution in [3.05, 3.63) is 23.8 Å². The highest BCUT2D eigenvalue weighted by Gasteiger charge is 2.07. The van der Waals surface area contributed by atoms with Crippen LogP contribution in [0.1, 0.15) is 19.4 Å². The molecule has 0 aliphatic heterocycles. The fourth-order valence-electron chi connectivity index (χ4n) is 1.13. The van der Waals surface area contributed by atoms with Gasteiger partial charge in [0.25, 0.3) is 0 Å². The van der Waals surface area contributed by atoms with E-state index in [1.54, 1.807) is 12.1 Å². The Balaban J connectivity index is 2.63. The van der Waals surface area contributed by atoms with Crippen LogP contribution < -0.4 is 11.1 Å². The molecule has 3 N–H and O–H groups in total. The number of hydrogen-bond donors (Lipinski definition) is 2. The predicted molar refractivity (Wildman–Crippen MR) is 65.4 cm³/mol. The lowest BCUT2D eigenvalue weighted by atomic mass is 10.2. The van der Waals surface area contributed by atoms with Crippen LogP contribution in [0, 0.1) is 17.2 Å². The summed E-state index contributed by atoms with van der Waals surface area (Å²) in [6, 6.07) is 6.61. The standard InChI is InChI=1S/C12H15N3O2/c1-8(2)7-17-12(16)15-11-4-3-9(6-13)5-10(11)14/h3-5,8H,7,14H2,1-2H3,(H,15,16). The number of carbonyl (C=O) groups is 1. The number of anilines is 2. The average molecular weight is 233 g/mol. The van der Waals surface area contributed by atoms with Crippen molar-refractivity contribution >= 4 is 17.5 Å². The Labute approximate surface area is 100 Å². The number of benzene rings is 1. The van der Waals surface area contributed by atoms with Crippen LogP contribution in [-0.2, 0) is 4.74 Å². The Kier molecular flexibility index (Phi) is 4.35. The summed E-state index contributed by atoms with van der Waals surface area (Å²) in [5.41, 5.74) is 6.91. The van der Waals surface area contributed by atoms with Gasteiger partial charge in [-0.2, -0.15) is 5.26 Å². The van der Waals surface area contributed by atoms with Crippen LogP contribution in [0.3, 0.4) is 0 Å². The Morgan fingerprint density at radius 2 is 2.29 bits per heavy atom. The molecule has 0 spiro atoms. The SMILES string of the molecule is CC(C)COC(=O)Nc1ccc(C#N)cc1N. The first-order valence-corrected chi connectivity index (χ1v) is 5.26. The highest BCUT2D eigenvalue weighted by atomic mass is 16.5. The molecule has 0 radical (unpaired) electrons. The molecule has 0 atom stereocenters. The maximum absolute atomic E-state index is 11.4. The van der Waals surface area contributed by atoms with E-state index in [-0.39, 0.29) is 5.92 Å². The van der Waals surface area contributed by atoms with Gasteiger partial charge in [0.1, 0.15) is 0 Å². The summed E-state index contributed by atoms with van der Waals surface area (Å²) in [6.07, 6.45) is -0.546. The Hall–Kier alpha value is -2.22. The first kappa shape index (κ1) is 12.8. The summed E-state index contributed by atoms with van der Waals surface area (Å²) in [5, 5.41) is 11.2. The van der Waals surface area contributed by atoms with Crippen molar-refractivity contribution in [1.29, 1.82) is 5.26 Å². The van der Waals surface area contributed by atoms with Crippen LogP contribution in [0.4, 0.5) is 16.2 Å². The number of nitrogens with zero attached hydrogens (tertiary/aromatic N) is 1. The predicted octanol–water partition coefficient (Wildman–Crippen LogP) is 2.34. The molecule has 1 rings (SSSR count). The second-order valence-corrected chi connectivity index (χ2v) is 4.03. The summed E-state index contributed by atoms with van der Waals surface area (Å²) < 4.78 is 4.95. The zero-order valence-corrected chi connectivity index (χ0v) is 9.86. The van der Waals surface area contributed by atoms with Gasteiger partial charge < -0.3 is 10.5 Å². The molecule has 0 aliphatic carbocycles. The van der Waals surface area contributed by atoms with Crippen molar-refractivity contribution in [3.63, 3.8) is 0 Å². The van der Waals surface area contributed by atoms with Crippen LogP contribution in [0.25, 0.3) is 0 Å². The number of nitrogen functional groups attached to an aromatic ring is 1. The molecule has 1 amide bonds. The van der Waals surface area contributed by atoms with Crippen LogP contribution in [0.2, 0.25) is 0 Å². The third-order valence-electron chi connectivity index (χ3n) is 1.97. The summed E-state index contributed by atoms with van der Waals surface area (Å²) in [4.78, 5) is 11.4. The van der Waals surface area contributed by atoms with Gasteiger partial charge in [-0.15, -0.1) is 0 Å². The minimum absolute atomic E-state index is 0.277. The number of nitrogens with two attached hydrogens (primary N) is 1. The maximum Gasteiger partial charge on any atom is 0.411 e. The lowest BCUT2D eigenvalue weighted by Crippen LogP contribution is -2.17. The van der Waals surface area contributed by atoms with Gasteiger partial charge in [0.15, 0.2) is 0 Å². The summed E-state index contributed by atoms with van der Waals surface area (Å²) in [5.74, 6) is 0.277. The number of carbonyl (C=O) groups excluding carboxylic acids is 1. The van der Waals surface area contributed by atoms with Crippen LogP contribution in [-0.4, -0.2) is 12.7 Å². The summed E-state index contributed by atoms with van der Waals surface area (Å²) >= 11 is 0. The molecule has 0 fully saturated rings. The number of hydrogen-bond acceptors (Lipinski definition) is 4. The van der Waals surface area contributed by atoms with Crippen molar-refractivity contribution in [2.24, 2.45) is 5.92 Å². The molecule has 0 aromatic heterocycles. The molecular weight excluding hydrogens is 218 g/mol. The highest BCUT2D eigenvalue weighted by Crippen LogP contribution is 2.19. The van der Waals surface area contributed by atoms with Crippen LogP contribution in [0.15, 0.2) is 18.2 Å². The zero-order chi connectivity index (χ0) is 12.8. The Bertz CT molecular complexity index is 450. The monoisotopic (exact) mass is 233 g/mol. The Morgan fingerprint density at radius 3 is 2.82 bits per heavy atom. The normalized spacial score (nSPS) is 9.76. The molecule has 1 aromatic rings. The van der Waals surface area contributed by atoms with Crippen molar-refractivity contribution in [2.75, 3.05) is 17.7 Å². The van der Waals surface area contributed by atoms with E-state index in [0.29, 0.717) is 23.5 Å². The third kappa shape index (κ3) is 4.03. The van der Waals surface area contributed by atoms with Gasteiger partial charge in [0.05, 0.1) is 29.6 Å². The third-order valence-corrected chi connectivity index (χ3v) is 1.97. The fraction of sp³-hybridized carbons (Fsp3) is 0.333. The number of nitrogens with one attached hydrogen (secondary N) is 1. The molecule has 1 aromatic carbocycles. The van der Waals surface area contributed by atoms with Gasteiger partial charge in [-0.3, -0.25) is 5.32 Å². The molecule has 5 nitrogen and oxygen atoms in total. The quantitative estimate of drug-likeness (QED) is 0.784. The van der Waals surface area contributed by atoms with E-state index in [1.807, 2.05) is 19.9 Å². The second kappa shape index (κ2) is 5.75. The smallest absolute Gasteiger partial charge is 0.411 e. The van der Waals surface area contributed by atoms with E-state index in [0.717, 1.165) is 0 Å². The first-order valence-electron chi connectivity index (χ1n) is 5.26. The molecule has 0 heterocycles. The van der Waals surface area contributed by atoms with E-state index < -0.39 is 6.09 Å². The minimum Gasteiger partial charge on any atom is -0.449 e. The molecule has 0 saturated carbocycles. The molecular formula is C12H15N3O2. The molecule has 17 heavy (non-hydrogen) atoms. The van der Waals surface area contributed by atoms with Crippen molar-refractivity contribution in [1.82, 2.24) is 0 Å². The van der Waals surface area contributed by atoms with Crippen molar-refractivity contribution in [2.45, 2.75) is 13.8 Å². The number of amides is 1. The largest absolute Gasteiger partial charge is 0.449 e. The topological polar surface area (TPSA) is 88.1 Å². The van der Waals surface area contributed by atoms with Gasteiger partial charge in [0, 0.05) is 0 Å². The van der Waals surface area contributed by atoms with Gasteiger partial charge >= 0.3 is 6.09 Å². The summed E-state index contributed by atoms with van der Waals surface area (Å²) in [6.45, 7) is 4.24. The Morgan fingerprint density at radius 1 is 1.59 bits per heavy atom. The summed E-state index contributed by atoms with van der Waals surface area (Å²) in [7, 11) is 0. The molecule has 0 aliphatic rings. The van der Waals surface area contributed by atoms with Gasteiger partial charge in [-0.25, -0.2) is 4.79 Å². The van der Waals surface area contributed by atoms with Gasteiger partial charge in [-0.1, -0.05) is 13.8 Å². The van der Waals surface area contributed by atoms with E-state index in [1.165, 1.54) is 6.07 Å². The maximum atomic E-state index is 11.4. The minimum atomic E-state index is -0.546. The van der Waals surface area contributed by atoms with Gasteiger partial charge in [-0.05, 0) is 24.1 Å². The lowest BCUT2D eigenvalue weighted by Gasteiger charge is -2.10. The van der Waals surface area contributed by atoms with E-state index in [9.17, 15) is 4.79 Å². The fourth-order valence-corrected chi connectivity index (χ4v) is 1.13. The molecule has 0 saturated heterocycles. The number of nitriles is 1. The van der Waals surface area contributed by atoms with E-state index in [4.69, 9.17) is 15.7 Å². The van der Waals surface area contributed by atoms with E-state index >= 15 is 0 Å². The van der Waals surface area contributed by atoms with E-state index in [2.05, 4.69) is 5.32 Å². The van der Waals surface area contributed by atoms with Crippen molar-refractivity contribution in [3.8, 4) is 6.07 Å². The molecule has 0 unspecified atom stereocenters. The average Bonchev–Trinajstić information content (AvgIpc) is 2.29. The molecule has 90 valence electrons. The zero-order valence-electron chi connectivity index (χ0n) is 9.86. The molecule has 5 heteroatoms. The first-order chi connectivity index (χ1) is 8.02.